The van der Waals surface area contributed by atoms with Gasteiger partial charge in [0.25, 0.3) is 0 Å². The summed E-state index contributed by atoms with van der Waals surface area (Å²) in [5.74, 6) is 0.299. The molecule has 0 bridgehead atoms. The first kappa shape index (κ1) is 25.3. The smallest absolute Gasteiger partial charge is 0.341 e. The Morgan fingerprint density at radius 3 is 2.45 bits per heavy atom. The number of benzene rings is 1. The van der Waals surface area contributed by atoms with E-state index in [-0.39, 0.29) is 12.4 Å². The normalized spacial score (nSPS) is 14.2. The van der Waals surface area contributed by atoms with E-state index in [0.717, 1.165) is 44.5 Å². The van der Waals surface area contributed by atoms with Gasteiger partial charge in [0.2, 0.25) is 0 Å². The van der Waals surface area contributed by atoms with Gasteiger partial charge in [-0.25, -0.2) is 4.79 Å². The lowest BCUT2D eigenvalue weighted by Crippen LogP contribution is -2.12. The summed E-state index contributed by atoms with van der Waals surface area (Å²) in [6.45, 7) is 5.63. The minimum absolute atomic E-state index is 0.0450. The third-order valence-electron chi connectivity index (χ3n) is 6.38. The molecule has 1 aliphatic rings. The first-order valence-electron chi connectivity index (χ1n) is 11.9. The van der Waals surface area contributed by atoms with Crippen molar-refractivity contribution in [3.8, 4) is 22.0 Å². The van der Waals surface area contributed by atoms with Crippen LogP contribution in [0.1, 0.15) is 45.7 Å². The molecule has 194 valence electrons. The second-order valence-corrected chi connectivity index (χ2v) is 10.0. The molecule has 4 heterocycles. The van der Waals surface area contributed by atoms with E-state index in [0.29, 0.717) is 11.6 Å². The Bertz CT molecular complexity index is 1550. The van der Waals surface area contributed by atoms with E-state index in [4.69, 9.17) is 19.6 Å². The molecule has 0 amide bonds. The van der Waals surface area contributed by atoms with Crippen molar-refractivity contribution in [2.24, 2.45) is 4.99 Å². The van der Waals surface area contributed by atoms with Crippen LogP contribution in [0, 0.1) is 20.8 Å². The molecule has 10 nitrogen and oxygen atoms in total. The summed E-state index contributed by atoms with van der Waals surface area (Å²) >= 11 is 1.65. The number of carbonyl (C=O) groups is 2. The number of aliphatic carboxylic acids is 1. The number of esters is 1. The molecule has 0 radical (unpaired) electrons. The van der Waals surface area contributed by atoms with Crippen LogP contribution >= 0.6 is 11.3 Å². The summed E-state index contributed by atoms with van der Waals surface area (Å²) in [6.07, 6.45) is 1.55. The van der Waals surface area contributed by atoms with E-state index in [9.17, 15) is 9.59 Å². The maximum atomic E-state index is 12.3. The molecular weight excluding hydrogens is 506 g/mol. The second kappa shape index (κ2) is 10.2. The number of carboxylic acids is 1. The fourth-order valence-corrected chi connectivity index (χ4v) is 5.56. The molecule has 4 aromatic rings. The maximum Gasteiger partial charge on any atom is 0.341 e. The van der Waals surface area contributed by atoms with E-state index in [1.54, 1.807) is 23.5 Å². The van der Waals surface area contributed by atoms with E-state index < -0.39 is 18.6 Å². The number of carbonyl (C=O) groups excluding carboxylic acids is 1. The number of aromatic nitrogens is 4. The Kier molecular flexibility index (Phi) is 6.77. The average Bonchev–Trinajstić information content (AvgIpc) is 3.39. The highest BCUT2D eigenvalue weighted by atomic mass is 32.1. The molecule has 5 rings (SSSR count). The number of thiophene rings is 1. The van der Waals surface area contributed by atoms with Crippen LogP contribution in [0.5, 0.6) is 5.75 Å². The SMILES string of the molecule is COC(=O)C[C@@H]1N=C(c2ccc(-c3ccc(OCC(=O)O)cn3)cc2)c2c(sc(C)c2C)-n2c(C)nnc21. The summed E-state index contributed by atoms with van der Waals surface area (Å²) in [7, 11) is 1.36. The molecule has 11 heteroatoms. The standard InChI is InChI=1S/C27H25N5O5S/c1-14-15(2)38-27-24(14)25(29-21(11-23(35)36-4)26-31-30-16(3)32(26)27)18-7-5-17(6-8-18)20-10-9-19(12-28-20)37-13-22(33)34/h5-10,12,21H,11,13H2,1-4H3,(H,33,34)/t21-/m0/s1. The fourth-order valence-electron chi connectivity index (χ4n) is 4.35. The largest absolute Gasteiger partial charge is 0.480 e. The topological polar surface area (TPSA) is 129 Å². The van der Waals surface area contributed by atoms with Crippen LogP contribution in [0.4, 0.5) is 0 Å². The number of aliphatic imine (C=N–C) groups is 1. The van der Waals surface area contributed by atoms with E-state index >= 15 is 0 Å². The zero-order valence-corrected chi connectivity index (χ0v) is 22.1. The molecule has 0 fully saturated rings. The van der Waals surface area contributed by atoms with Crippen molar-refractivity contribution in [1.29, 1.82) is 0 Å². The Morgan fingerprint density at radius 2 is 1.79 bits per heavy atom. The summed E-state index contributed by atoms with van der Waals surface area (Å²) in [4.78, 5) is 33.6. The first-order valence-corrected chi connectivity index (χ1v) is 12.7. The van der Waals surface area contributed by atoms with Crippen molar-refractivity contribution in [3.63, 3.8) is 0 Å². The van der Waals surface area contributed by atoms with Gasteiger partial charge in [0.05, 0.1) is 31.1 Å². The molecule has 0 spiro atoms. The van der Waals surface area contributed by atoms with E-state index in [1.807, 2.05) is 35.8 Å². The van der Waals surface area contributed by atoms with Gasteiger partial charge in [-0.15, -0.1) is 21.5 Å². The van der Waals surface area contributed by atoms with Gasteiger partial charge in [-0.1, -0.05) is 24.3 Å². The number of hydrogen-bond donors (Lipinski definition) is 1. The number of carboxylic acid groups (broad SMARTS) is 1. The number of fused-ring (bicyclic) bond motifs is 3. The number of nitrogens with zero attached hydrogens (tertiary/aromatic N) is 5. The van der Waals surface area contributed by atoms with Gasteiger partial charge in [-0.2, -0.15) is 0 Å². The maximum absolute atomic E-state index is 12.3. The van der Waals surface area contributed by atoms with Crippen LogP contribution in [0.25, 0.3) is 16.3 Å². The van der Waals surface area contributed by atoms with Crippen molar-refractivity contribution in [3.05, 3.63) is 75.8 Å². The molecule has 0 saturated carbocycles. The highest BCUT2D eigenvalue weighted by molar-refractivity contribution is 7.15. The molecule has 0 saturated heterocycles. The van der Waals surface area contributed by atoms with Crippen LogP contribution < -0.4 is 4.74 Å². The van der Waals surface area contributed by atoms with Gasteiger partial charge < -0.3 is 14.6 Å². The fraction of sp³-hybridized carbons (Fsp3) is 0.259. The van der Waals surface area contributed by atoms with Crippen molar-refractivity contribution >= 4 is 29.0 Å². The predicted molar refractivity (Wildman–Crippen MR) is 141 cm³/mol. The molecule has 1 aliphatic heterocycles. The van der Waals surface area contributed by atoms with Crippen LogP contribution in [-0.2, 0) is 14.3 Å². The monoisotopic (exact) mass is 531 g/mol. The van der Waals surface area contributed by atoms with Crippen LogP contribution in [0.3, 0.4) is 0 Å². The van der Waals surface area contributed by atoms with Gasteiger partial charge in [0, 0.05) is 21.6 Å². The first-order chi connectivity index (χ1) is 18.3. The van der Waals surface area contributed by atoms with E-state index in [2.05, 4.69) is 29.0 Å². The van der Waals surface area contributed by atoms with Gasteiger partial charge >= 0.3 is 11.9 Å². The molecule has 1 aromatic carbocycles. The molecule has 38 heavy (non-hydrogen) atoms. The van der Waals surface area contributed by atoms with Crippen LogP contribution in [-0.4, -0.2) is 56.2 Å². The Balaban J connectivity index is 1.55. The number of methoxy groups -OCH3 is 1. The highest BCUT2D eigenvalue weighted by Gasteiger charge is 2.32. The third kappa shape index (κ3) is 4.68. The second-order valence-electron chi connectivity index (χ2n) is 8.82. The third-order valence-corrected chi connectivity index (χ3v) is 7.57. The molecule has 1 atom stereocenters. The molecule has 0 unspecified atom stereocenters. The lowest BCUT2D eigenvalue weighted by atomic mass is 9.98. The Morgan fingerprint density at radius 1 is 1.05 bits per heavy atom. The Labute approximate surface area is 222 Å². The molecule has 1 N–H and O–H groups in total. The van der Waals surface area contributed by atoms with E-state index in [1.165, 1.54) is 18.2 Å². The van der Waals surface area contributed by atoms with Crippen molar-refractivity contribution < 1.29 is 24.2 Å². The van der Waals surface area contributed by atoms with Gasteiger partial charge in [0.15, 0.2) is 12.4 Å². The van der Waals surface area contributed by atoms with Crippen molar-refractivity contribution in [2.45, 2.75) is 33.2 Å². The van der Waals surface area contributed by atoms with Crippen LogP contribution in [0.15, 0.2) is 47.6 Å². The lowest BCUT2D eigenvalue weighted by Gasteiger charge is -2.12. The summed E-state index contributed by atoms with van der Waals surface area (Å²) in [6, 6.07) is 10.8. The average molecular weight is 532 g/mol. The number of ether oxygens (including phenoxy) is 2. The number of rotatable bonds is 7. The quantitative estimate of drug-likeness (QED) is 0.351. The minimum atomic E-state index is -1.05. The Hall–Kier alpha value is -4.38. The predicted octanol–water partition coefficient (Wildman–Crippen LogP) is 4.23. The highest BCUT2D eigenvalue weighted by Crippen LogP contribution is 2.39. The van der Waals surface area contributed by atoms with Crippen molar-refractivity contribution in [1.82, 2.24) is 19.7 Å². The lowest BCUT2D eigenvalue weighted by molar-refractivity contribution is -0.141. The zero-order chi connectivity index (χ0) is 27.0. The number of pyridine rings is 1. The van der Waals surface area contributed by atoms with Gasteiger partial charge in [0.1, 0.15) is 22.6 Å². The number of aryl methyl sites for hydroxylation is 2. The summed E-state index contributed by atoms with van der Waals surface area (Å²) in [5, 5.41) is 18.4. The van der Waals surface area contributed by atoms with Gasteiger partial charge in [-0.3, -0.25) is 19.3 Å². The molecule has 0 aliphatic carbocycles. The summed E-state index contributed by atoms with van der Waals surface area (Å²) in [5.41, 5.74) is 5.38. The molecule has 3 aromatic heterocycles. The number of hydrogen-bond acceptors (Lipinski definition) is 9. The van der Waals surface area contributed by atoms with Gasteiger partial charge in [-0.05, 0) is 38.5 Å². The minimum Gasteiger partial charge on any atom is -0.480 e. The van der Waals surface area contributed by atoms with Crippen LogP contribution in [0.2, 0.25) is 0 Å². The molecular formula is C27H25N5O5S. The summed E-state index contributed by atoms with van der Waals surface area (Å²) < 4.78 is 12.1. The van der Waals surface area contributed by atoms with Crippen molar-refractivity contribution in [2.75, 3.05) is 13.7 Å². The zero-order valence-electron chi connectivity index (χ0n) is 21.3.